The van der Waals surface area contributed by atoms with E-state index >= 15 is 0 Å². The van der Waals surface area contributed by atoms with Gasteiger partial charge in [0.25, 0.3) is 5.56 Å². The summed E-state index contributed by atoms with van der Waals surface area (Å²) in [5, 5.41) is 1.95. The fraction of sp³-hybridized carbons (Fsp3) is 0. The second kappa shape index (κ2) is 3.06. The summed E-state index contributed by atoms with van der Waals surface area (Å²) in [6, 6.07) is 5.68. The van der Waals surface area contributed by atoms with Crippen LogP contribution in [0, 0.1) is 0 Å². The number of rotatable bonds is 1. The van der Waals surface area contributed by atoms with Crippen molar-refractivity contribution in [2.24, 2.45) is 0 Å². The third kappa shape index (κ3) is 1.36. The number of nitrogen functional groups attached to an aromatic ring is 1. The predicted molar refractivity (Wildman–Crippen MR) is 54.8 cm³/mol. The largest absolute Gasteiger partial charge is 0.394 e. The summed E-state index contributed by atoms with van der Waals surface area (Å²) in [6.07, 6.45) is 1.60. The highest BCUT2D eigenvalue weighted by atomic mass is 32.1. The standard InChI is InChI=1S/C9H8N2OS/c10-8-6(3-4-11-9(8)12)7-2-1-5-13-7/h1-5H,10H2,(H,11,12). The van der Waals surface area contributed by atoms with E-state index in [-0.39, 0.29) is 11.2 Å². The first-order chi connectivity index (χ1) is 6.29. The molecule has 0 aliphatic carbocycles. The third-order valence-corrected chi connectivity index (χ3v) is 2.69. The molecular weight excluding hydrogens is 184 g/mol. The Labute approximate surface area is 78.8 Å². The van der Waals surface area contributed by atoms with Crippen molar-refractivity contribution in [1.29, 1.82) is 0 Å². The van der Waals surface area contributed by atoms with Crippen LogP contribution in [0.3, 0.4) is 0 Å². The minimum atomic E-state index is -0.231. The molecule has 0 aliphatic rings. The monoisotopic (exact) mass is 192 g/mol. The third-order valence-electron chi connectivity index (χ3n) is 1.79. The molecule has 0 atom stereocenters. The fourth-order valence-corrected chi connectivity index (χ4v) is 1.90. The van der Waals surface area contributed by atoms with Gasteiger partial charge >= 0.3 is 0 Å². The molecule has 2 aromatic rings. The molecule has 0 aliphatic heterocycles. The molecule has 2 aromatic heterocycles. The molecule has 66 valence electrons. The Balaban J connectivity index is 2.66. The highest BCUT2D eigenvalue weighted by molar-refractivity contribution is 7.13. The van der Waals surface area contributed by atoms with E-state index in [0.717, 1.165) is 10.4 Å². The molecule has 0 fully saturated rings. The van der Waals surface area contributed by atoms with E-state index in [0.29, 0.717) is 0 Å². The van der Waals surface area contributed by atoms with Crippen molar-refractivity contribution in [1.82, 2.24) is 4.98 Å². The molecule has 0 saturated heterocycles. The Morgan fingerprint density at radius 3 is 2.92 bits per heavy atom. The van der Waals surface area contributed by atoms with Crippen molar-refractivity contribution < 1.29 is 0 Å². The lowest BCUT2D eigenvalue weighted by Gasteiger charge is -1.99. The van der Waals surface area contributed by atoms with Gasteiger partial charge in [0.1, 0.15) is 5.69 Å². The zero-order valence-corrected chi connectivity index (χ0v) is 7.60. The van der Waals surface area contributed by atoms with Gasteiger partial charge < -0.3 is 10.7 Å². The number of hydrogen-bond acceptors (Lipinski definition) is 3. The van der Waals surface area contributed by atoms with Crippen LogP contribution in [0.25, 0.3) is 10.4 Å². The van der Waals surface area contributed by atoms with E-state index in [9.17, 15) is 4.79 Å². The molecule has 4 heteroatoms. The predicted octanol–water partition coefficient (Wildman–Crippen LogP) is 1.69. The van der Waals surface area contributed by atoms with Gasteiger partial charge in [0.05, 0.1) is 0 Å². The van der Waals surface area contributed by atoms with E-state index < -0.39 is 0 Å². The minimum absolute atomic E-state index is 0.231. The average Bonchev–Trinajstić information content (AvgIpc) is 2.62. The summed E-state index contributed by atoms with van der Waals surface area (Å²) in [4.78, 5) is 14.7. The Hall–Kier alpha value is -1.55. The van der Waals surface area contributed by atoms with Crippen LogP contribution in [-0.4, -0.2) is 4.98 Å². The molecule has 13 heavy (non-hydrogen) atoms. The van der Waals surface area contributed by atoms with Gasteiger partial charge in [-0.2, -0.15) is 0 Å². The maximum atomic E-state index is 11.2. The van der Waals surface area contributed by atoms with Gasteiger partial charge in [0.2, 0.25) is 0 Å². The number of thiophene rings is 1. The second-order valence-electron chi connectivity index (χ2n) is 2.61. The Morgan fingerprint density at radius 1 is 1.38 bits per heavy atom. The lowest BCUT2D eigenvalue weighted by molar-refractivity contribution is 1.25. The molecule has 0 spiro atoms. The molecule has 2 heterocycles. The van der Waals surface area contributed by atoms with Crippen molar-refractivity contribution in [3.63, 3.8) is 0 Å². The van der Waals surface area contributed by atoms with Gasteiger partial charge in [0, 0.05) is 16.6 Å². The van der Waals surface area contributed by atoms with Crippen molar-refractivity contribution in [2.45, 2.75) is 0 Å². The molecule has 0 bridgehead atoms. The van der Waals surface area contributed by atoms with Crippen molar-refractivity contribution in [3.8, 4) is 10.4 Å². The number of nitrogens with two attached hydrogens (primary N) is 1. The molecule has 0 aromatic carbocycles. The summed E-state index contributed by atoms with van der Waals surface area (Å²) in [7, 11) is 0. The van der Waals surface area contributed by atoms with E-state index in [4.69, 9.17) is 5.73 Å². The van der Waals surface area contributed by atoms with Crippen LogP contribution >= 0.6 is 11.3 Å². The zero-order valence-electron chi connectivity index (χ0n) is 6.78. The number of nitrogens with one attached hydrogen (secondary N) is 1. The van der Waals surface area contributed by atoms with Crippen molar-refractivity contribution >= 4 is 17.0 Å². The van der Waals surface area contributed by atoms with E-state index in [2.05, 4.69) is 4.98 Å². The van der Waals surface area contributed by atoms with Crippen molar-refractivity contribution in [2.75, 3.05) is 5.73 Å². The highest BCUT2D eigenvalue weighted by Gasteiger charge is 2.04. The summed E-state index contributed by atoms with van der Waals surface area (Å²) < 4.78 is 0. The molecule has 0 unspecified atom stereocenters. The summed E-state index contributed by atoms with van der Waals surface area (Å²) in [5.41, 5.74) is 6.49. The SMILES string of the molecule is Nc1c(-c2cccs2)cc[nH]c1=O. The number of hydrogen-bond donors (Lipinski definition) is 2. The van der Waals surface area contributed by atoms with Crippen LogP contribution in [0.1, 0.15) is 0 Å². The van der Waals surface area contributed by atoms with E-state index in [1.807, 2.05) is 23.6 Å². The first-order valence-electron chi connectivity index (χ1n) is 3.80. The molecule has 3 N–H and O–H groups in total. The quantitative estimate of drug-likeness (QED) is 0.722. The van der Waals surface area contributed by atoms with E-state index in [1.54, 1.807) is 17.5 Å². The van der Waals surface area contributed by atoms with Crippen LogP contribution in [-0.2, 0) is 0 Å². The first kappa shape index (κ1) is 8.07. The minimum Gasteiger partial charge on any atom is -0.394 e. The van der Waals surface area contributed by atoms with Gasteiger partial charge in [-0.05, 0) is 17.5 Å². The summed E-state index contributed by atoms with van der Waals surface area (Å²) in [5.74, 6) is 0. The maximum Gasteiger partial charge on any atom is 0.271 e. The molecule has 3 nitrogen and oxygen atoms in total. The highest BCUT2D eigenvalue weighted by Crippen LogP contribution is 2.26. The molecule has 0 amide bonds. The smallest absolute Gasteiger partial charge is 0.271 e. The van der Waals surface area contributed by atoms with E-state index in [1.165, 1.54) is 0 Å². The van der Waals surface area contributed by atoms with Crippen LogP contribution in [0.4, 0.5) is 5.69 Å². The number of anilines is 1. The van der Waals surface area contributed by atoms with Gasteiger partial charge in [-0.15, -0.1) is 11.3 Å². The Bertz CT molecular complexity index is 459. The van der Waals surface area contributed by atoms with Gasteiger partial charge in [-0.1, -0.05) is 6.07 Å². The van der Waals surface area contributed by atoms with Crippen LogP contribution in [0.5, 0.6) is 0 Å². The summed E-state index contributed by atoms with van der Waals surface area (Å²) in [6.45, 7) is 0. The molecule has 0 radical (unpaired) electrons. The molecular formula is C9H8N2OS. The second-order valence-corrected chi connectivity index (χ2v) is 3.56. The maximum absolute atomic E-state index is 11.2. The average molecular weight is 192 g/mol. The normalized spacial score (nSPS) is 10.2. The molecule has 0 saturated carbocycles. The lowest BCUT2D eigenvalue weighted by atomic mass is 10.2. The van der Waals surface area contributed by atoms with Crippen molar-refractivity contribution in [3.05, 3.63) is 40.1 Å². The molecule has 2 rings (SSSR count). The van der Waals surface area contributed by atoms with Crippen LogP contribution in [0.2, 0.25) is 0 Å². The zero-order chi connectivity index (χ0) is 9.26. The number of H-pyrrole nitrogens is 1. The Morgan fingerprint density at radius 2 is 2.23 bits per heavy atom. The van der Waals surface area contributed by atoms with Crippen LogP contribution < -0.4 is 11.3 Å². The fourth-order valence-electron chi connectivity index (χ4n) is 1.14. The topological polar surface area (TPSA) is 58.9 Å². The Kier molecular flexibility index (Phi) is 1.90. The number of aromatic nitrogens is 1. The van der Waals surface area contributed by atoms with Crippen LogP contribution in [0.15, 0.2) is 34.6 Å². The van der Waals surface area contributed by atoms with Gasteiger partial charge in [-0.3, -0.25) is 4.79 Å². The first-order valence-corrected chi connectivity index (χ1v) is 4.68. The van der Waals surface area contributed by atoms with Gasteiger partial charge in [0.15, 0.2) is 0 Å². The number of aromatic amines is 1. The lowest BCUT2D eigenvalue weighted by Crippen LogP contribution is -2.11. The number of pyridine rings is 1. The van der Waals surface area contributed by atoms with Gasteiger partial charge in [-0.25, -0.2) is 0 Å². The summed E-state index contributed by atoms with van der Waals surface area (Å²) >= 11 is 1.57.